The number of aromatic nitrogens is 2. The first-order valence-corrected chi connectivity index (χ1v) is 15.1. The van der Waals surface area contributed by atoms with Crippen molar-refractivity contribution in [2.24, 2.45) is 5.92 Å². The highest BCUT2D eigenvalue weighted by molar-refractivity contribution is 6.31. The van der Waals surface area contributed by atoms with E-state index in [-0.39, 0.29) is 37.7 Å². The number of benzene rings is 2. The highest BCUT2D eigenvalue weighted by Crippen LogP contribution is 2.43. The van der Waals surface area contributed by atoms with Crippen molar-refractivity contribution >= 4 is 41.4 Å². The van der Waals surface area contributed by atoms with Gasteiger partial charge in [-0.1, -0.05) is 29.8 Å². The summed E-state index contributed by atoms with van der Waals surface area (Å²) >= 11 is 6.39. The molecule has 0 radical (unpaired) electrons. The van der Waals surface area contributed by atoms with Gasteiger partial charge in [0.25, 0.3) is 0 Å². The van der Waals surface area contributed by atoms with Crippen molar-refractivity contribution in [2.45, 2.75) is 43.8 Å². The fourth-order valence-corrected chi connectivity index (χ4v) is 6.95. The van der Waals surface area contributed by atoms with Gasteiger partial charge in [-0.3, -0.25) is 9.58 Å². The summed E-state index contributed by atoms with van der Waals surface area (Å²) in [6.45, 7) is 4.78. The van der Waals surface area contributed by atoms with Gasteiger partial charge in [-0.25, -0.2) is 13.6 Å². The first-order valence-electron chi connectivity index (χ1n) is 14.8. The lowest BCUT2D eigenvalue weighted by atomic mass is 9.81. The van der Waals surface area contributed by atoms with Crippen molar-refractivity contribution < 1.29 is 31.9 Å². The van der Waals surface area contributed by atoms with Crippen molar-refractivity contribution in [1.82, 2.24) is 14.7 Å². The molecule has 2 saturated heterocycles. The number of carboxylic acids is 1. The molecule has 3 aliphatic rings. The standard InChI is InChI=1S/C31H33ClF5N5O2.ClH/c32-22-5-8-25(21-3-6-23(7-4-21)40-12-10-39(11-13-40)18-20-15-30(33,34)16-20)27(14-22)41-9-1-2-24(19-41)42-28(31(35,36)37)26(17-38-42)29(43)44;/h3-8,14,17,20,24H,1-2,9-13,15-16,18-19H2,(H,43,44);1H. The molecule has 3 fully saturated rings. The Morgan fingerprint density at radius 3 is 2.31 bits per heavy atom. The number of piperazine rings is 1. The Balaban J connectivity index is 0.00000400. The van der Waals surface area contributed by atoms with E-state index in [4.69, 9.17) is 11.6 Å². The molecule has 2 aliphatic heterocycles. The maximum absolute atomic E-state index is 13.9. The quantitative estimate of drug-likeness (QED) is 0.265. The van der Waals surface area contributed by atoms with Crippen LogP contribution < -0.4 is 9.80 Å². The van der Waals surface area contributed by atoms with Crippen LogP contribution in [0.1, 0.15) is 47.8 Å². The number of halogens is 7. The highest BCUT2D eigenvalue weighted by atomic mass is 35.5. The second kappa shape index (κ2) is 13.0. The minimum Gasteiger partial charge on any atom is -0.478 e. The Morgan fingerprint density at radius 2 is 1.69 bits per heavy atom. The average Bonchev–Trinajstić information content (AvgIpc) is 3.44. The Morgan fingerprint density at radius 1 is 1.00 bits per heavy atom. The Kier molecular flexibility index (Phi) is 9.58. The highest BCUT2D eigenvalue weighted by Gasteiger charge is 2.46. The SMILES string of the molecule is Cl.O=C(O)c1cnn(C2CCCN(c3cc(Cl)ccc3-c3ccc(N4CCN(CC5CC(F)(F)C5)CC4)cc3)C2)c1C(F)(F)F. The summed E-state index contributed by atoms with van der Waals surface area (Å²) in [7, 11) is 0. The lowest BCUT2D eigenvalue weighted by molar-refractivity contribution is -0.145. The zero-order chi connectivity index (χ0) is 31.2. The van der Waals surface area contributed by atoms with E-state index in [1.807, 2.05) is 35.2 Å². The van der Waals surface area contributed by atoms with Gasteiger partial charge in [-0.2, -0.15) is 18.3 Å². The number of hydrogen-bond acceptors (Lipinski definition) is 5. The van der Waals surface area contributed by atoms with Crippen LogP contribution in [0.15, 0.2) is 48.7 Å². The summed E-state index contributed by atoms with van der Waals surface area (Å²) in [5.41, 5.74) is 1.54. The molecule has 244 valence electrons. The molecule has 1 aromatic heterocycles. The molecule has 1 unspecified atom stereocenters. The number of carbonyl (C=O) groups is 1. The van der Waals surface area contributed by atoms with Gasteiger partial charge in [-0.05, 0) is 48.6 Å². The number of rotatable bonds is 7. The predicted octanol–water partition coefficient (Wildman–Crippen LogP) is 7.35. The maximum atomic E-state index is 13.9. The summed E-state index contributed by atoms with van der Waals surface area (Å²) in [6.07, 6.45) is -3.11. The molecular weight excluding hydrogens is 640 g/mol. The molecule has 3 aromatic rings. The Bertz CT molecular complexity index is 1500. The molecule has 7 nitrogen and oxygen atoms in total. The summed E-state index contributed by atoms with van der Waals surface area (Å²) < 4.78 is 68.9. The lowest BCUT2D eigenvalue weighted by Crippen LogP contribution is -2.50. The van der Waals surface area contributed by atoms with Gasteiger partial charge in [0.1, 0.15) is 5.56 Å². The molecule has 0 spiro atoms. The van der Waals surface area contributed by atoms with Crippen molar-refractivity contribution in [3.63, 3.8) is 0 Å². The Labute approximate surface area is 268 Å². The second-order valence-electron chi connectivity index (χ2n) is 12.0. The number of carboxylic acid groups (broad SMARTS) is 1. The van der Waals surface area contributed by atoms with Crippen molar-refractivity contribution in [3.05, 3.63) is 64.9 Å². The van der Waals surface area contributed by atoms with Crippen LogP contribution in [0.25, 0.3) is 11.1 Å². The summed E-state index contributed by atoms with van der Waals surface area (Å²) in [5, 5.41) is 13.7. The first-order chi connectivity index (χ1) is 20.9. The summed E-state index contributed by atoms with van der Waals surface area (Å²) in [6, 6.07) is 12.9. The third kappa shape index (κ3) is 7.18. The number of alkyl halides is 5. The van der Waals surface area contributed by atoms with E-state index in [0.717, 1.165) is 66.1 Å². The largest absolute Gasteiger partial charge is 0.478 e. The number of piperidine rings is 1. The first kappa shape index (κ1) is 33.3. The van der Waals surface area contributed by atoms with E-state index in [2.05, 4.69) is 14.9 Å². The fourth-order valence-electron chi connectivity index (χ4n) is 6.78. The van der Waals surface area contributed by atoms with E-state index in [9.17, 15) is 31.9 Å². The van der Waals surface area contributed by atoms with E-state index in [1.165, 1.54) is 0 Å². The number of aromatic carboxylic acids is 1. The monoisotopic (exact) mass is 673 g/mol. The molecule has 45 heavy (non-hydrogen) atoms. The minimum absolute atomic E-state index is 0. The molecule has 0 amide bonds. The molecule has 1 atom stereocenters. The van der Waals surface area contributed by atoms with Gasteiger partial charge in [0, 0.05) is 80.6 Å². The van der Waals surface area contributed by atoms with Crippen LogP contribution in [0.3, 0.4) is 0 Å². The molecule has 6 rings (SSSR count). The third-order valence-electron chi connectivity index (χ3n) is 8.94. The van der Waals surface area contributed by atoms with Crippen LogP contribution in [0.2, 0.25) is 5.02 Å². The van der Waals surface area contributed by atoms with Crippen LogP contribution in [-0.2, 0) is 6.18 Å². The van der Waals surface area contributed by atoms with Crippen molar-refractivity contribution in [3.8, 4) is 11.1 Å². The van der Waals surface area contributed by atoms with E-state index in [1.54, 1.807) is 12.1 Å². The van der Waals surface area contributed by atoms with Crippen LogP contribution in [-0.4, -0.2) is 77.5 Å². The number of anilines is 2. The van der Waals surface area contributed by atoms with Gasteiger partial charge in [-0.15, -0.1) is 12.4 Å². The van der Waals surface area contributed by atoms with Crippen LogP contribution in [0, 0.1) is 5.92 Å². The normalized spacial score (nSPS) is 20.9. The van der Waals surface area contributed by atoms with E-state index >= 15 is 0 Å². The predicted molar refractivity (Wildman–Crippen MR) is 165 cm³/mol. The molecule has 1 aliphatic carbocycles. The fraction of sp³-hybridized carbons (Fsp3) is 0.484. The second-order valence-corrected chi connectivity index (χ2v) is 12.5. The van der Waals surface area contributed by atoms with Gasteiger partial charge < -0.3 is 14.9 Å². The zero-order valence-electron chi connectivity index (χ0n) is 24.3. The smallest absolute Gasteiger partial charge is 0.433 e. The maximum Gasteiger partial charge on any atom is 0.433 e. The van der Waals surface area contributed by atoms with Gasteiger partial charge in [0.15, 0.2) is 5.69 Å². The van der Waals surface area contributed by atoms with E-state index < -0.39 is 35.4 Å². The molecular formula is C31H34Cl2F5N5O2. The van der Waals surface area contributed by atoms with Crippen LogP contribution in [0.5, 0.6) is 0 Å². The van der Waals surface area contributed by atoms with Crippen molar-refractivity contribution in [2.75, 3.05) is 55.6 Å². The zero-order valence-corrected chi connectivity index (χ0v) is 25.9. The van der Waals surface area contributed by atoms with Gasteiger partial charge >= 0.3 is 12.1 Å². The molecule has 1 N–H and O–H groups in total. The number of nitrogens with zero attached hydrogens (tertiary/aromatic N) is 5. The van der Waals surface area contributed by atoms with Gasteiger partial charge in [0.05, 0.1) is 12.2 Å². The van der Waals surface area contributed by atoms with Gasteiger partial charge in [0.2, 0.25) is 5.92 Å². The third-order valence-corrected chi connectivity index (χ3v) is 9.18. The lowest BCUT2D eigenvalue weighted by Gasteiger charge is -2.41. The summed E-state index contributed by atoms with van der Waals surface area (Å²) in [4.78, 5) is 18.0. The number of hydrogen-bond donors (Lipinski definition) is 1. The van der Waals surface area contributed by atoms with Crippen molar-refractivity contribution in [1.29, 1.82) is 0 Å². The Hall–Kier alpha value is -3.09. The summed E-state index contributed by atoms with van der Waals surface area (Å²) in [5.74, 6) is -4.08. The molecule has 0 bridgehead atoms. The van der Waals surface area contributed by atoms with E-state index in [0.29, 0.717) is 24.4 Å². The molecule has 14 heteroatoms. The topological polar surface area (TPSA) is 64.8 Å². The molecule has 1 saturated carbocycles. The minimum atomic E-state index is -4.86. The average molecular weight is 675 g/mol. The van der Waals surface area contributed by atoms with Crippen LogP contribution >= 0.6 is 24.0 Å². The van der Waals surface area contributed by atoms with Crippen LogP contribution in [0.4, 0.5) is 33.3 Å². The molecule has 3 heterocycles. The molecule has 2 aromatic carbocycles.